The Morgan fingerprint density at radius 1 is 1.27 bits per heavy atom. The van der Waals surface area contributed by atoms with E-state index in [0.717, 1.165) is 32.7 Å². The highest BCUT2D eigenvalue weighted by molar-refractivity contribution is 7.16. The quantitative estimate of drug-likeness (QED) is 0.804. The lowest BCUT2D eigenvalue weighted by molar-refractivity contribution is 0.174. The standard InChI is InChI=1S/C15H13N3O3S/c19-6-10-13(9-3-4-11-12(5-9)21-7-20-11)16-15-18(10)17-14(22-15)8-1-2-8/h3-5,8,19H,1-2,6-7H2. The average molecular weight is 315 g/mol. The molecule has 1 aliphatic carbocycles. The highest BCUT2D eigenvalue weighted by atomic mass is 32.1. The van der Waals surface area contributed by atoms with Crippen molar-refractivity contribution >= 4 is 16.3 Å². The summed E-state index contributed by atoms with van der Waals surface area (Å²) in [6, 6.07) is 5.70. The first-order chi connectivity index (χ1) is 10.8. The summed E-state index contributed by atoms with van der Waals surface area (Å²) in [5.74, 6) is 2.04. The number of nitrogens with zero attached hydrogens (tertiary/aromatic N) is 3. The summed E-state index contributed by atoms with van der Waals surface area (Å²) in [6.45, 7) is 0.148. The van der Waals surface area contributed by atoms with Crippen molar-refractivity contribution in [1.82, 2.24) is 14.6 Å². The molecule has 0 atom stereocenters. The Kier molecular flexibility index (Phi) is 2.51. The first kappa shape index (κ1) is 12.4. The number of hydrogen-bond acceptors (Lipinski definition) is 6. The Balaban J connectivity index is 1.65. The van der Waals surface area contributed by atoms with Crippen molar-refractivity contribution in [3.05, 3.63) is 28.9 Å². The van der Waals surface area contributed by atoms with E-state index in [4.69, 9.17) is 9.47 Å². The van der Waals surface area contributed by atoms with Crippen LogP contribution >= 0.6 is 11.3 Å². The molecule has 0 unspecified atom stereocenters. The van der Waals surface area contributed by atoms with Gasteiger partial charge in [0.2, 0.25) is 11.8 Å². The van der Waals surface area contributed by atoms with Crippen LogP contribution in [0.15, 0.2) is 18.2 Å². The van der Waals surface area contributed by atoms with E-state index in [1.54, 1.807) is 15.9 Å². The molecule has 3 heterocycles. The van der Waals surface area contributed by atoms with Gasteiger partial charge in [0.1, 0.15) is 5.01 Å². The topological polar surface area (TPSA) is 68.9 Å². The number of hydrogen-bond donors (Lipinski definition) is 1. The van der Waals surface area contributed by atoms with Crippen molar-refractivity contribution in [3.8, 4) is 22.8 Å². The molecule has 2 aromatic heterocycles. The molecule has 1 aromatic carbocycles. The number of rotatable bonds is 3. The second-order valence-corrected chi connectivity index (χ2v) is 6.53. The van der Waals surface area contributed by atoms with Crippen LogP contribution in [0.5, 0.6) is 11.5 Å². The SMILES string of the molecule is OCc1c(-c2ccc3c(c2)OCO3)nc2sc(C3CC3)nn12. The molecular weight excluding hydrogens is 302 g/mol. The zero-order chi connectivity index (χ0) is 14.7. The molecule has 1 saturated carbocycles. The molecular formula is C15H13N3O3S. The monoisotopic (exact) mass is 315 g/mol. The van der Waals surface area contributed by atoms with Gasteiger partial charge in [-0.3, -0.25) is 0 Å². The molecule has 7 heteroatoms. The zero-order valence-electron chi connectivity index (χ0n) is 11.7. The molecule has 112 valence electrons. The molecule has 2 aliphatic rings. The Morgan fingerprint density at radius 3 is 2.95 bits per heavy atom. The maximum Gasteiger partial charge on any atom is 0.231 e. The fourth-order valence-corrected chi connectivity index (χ4v) is 3.80. The molecule has 0 bridgehead atoms. The maximum atomic E-state index is 9.77. The van der Waals surface area contributed by atoms with Crippen molar-refractivity contribution in [1.29, 1.82) is 0 Å². The second kappa shape index (κ2) is 4.44. The summed E-state index contributed by atoms with van der Waals surface area (Å²) < 4.78 is 12.5. The van der Waals surface area contributed by atoms with E-state index in [9.17, 15) is 5.11 Å². The number of aromatic nitrogens is 3. The van der Waals surface area contributed by atoms with Crippen LogP contribution in [0.1, 0.15) is 29.5 Å². The normalized spacial score (nSPS) is 16.6. The number of aliphatic hydroxyl groups is 1. The van der Waals surface area contributed by atoms with Crippen LogP contribution in [0, 0.1) is 0 Å². The van der Waals surface area contributed by atoms with E-state index < -0.39 is 0 Å². The van der Waals surface area contributed by atoms with Crippen molar-refractivity contribution in [2.24, 2.45) is 0 Å². The van der Waals surface area contributed by atoms with Crippen LogP contribution in [0.2, 0.25) is 0 Å². The Bertz CT molecular complexity index is 882. The smallest absolute Gasteiger partial charge is 0.231 e. The molecule has 0 amide bonds. The molecule has 0 saturated heterocycles. The lowest BCUT2D eigenvalue weighted by Crippen LogP contribution is -1.96. The van der Waals surface area contributed by atoms with E-state index in [1.165, 1.54) is 12.8 Å². The van der Waals surface area contributed by atoms with Crippen molar-refractivity contribution in [2.45, 2.75) is 25.4 Å². The third-order valence-electron chi connectivity index (χ3n) is 4.03. The molecule has 22 heavy (non-hydrogen) atoms. The third kappa shape index (κ3) is 1.75. The molecule has 1 fully saturated rings. The Labute approximate surface area is 129 Å². The highest BCUT2D eigenvalue weighted by Gasteiger charge is 2.29. The van der Waals surface area contributed by atoms with Gasteiger partial charge in [0.25, 0.3) is 0 Å². The van der Waals surface area contributed by atoms with Gasteiger partial charge in [-0.05, 0) is 31.0 Å². The Hall–Kier alpha value is -2.12. The summed E-state index contributed by atoms with van der Waals surface area (Å²) >= 11 is 1.61. The second-order valence-electron chi connectivity index (χ2n) is 5.54. The molecule has 0 radical (unpaired) electrons. The minimum atomic E-state index is -0.0984. The van der Waals surface area contributed by atoms with Gasteiger partial charge in [0, 0.05) is 11.5 Å². The Morgan fingerprint density at radius 2 is 2.14 bits per heavy atom. The number of ether oxygens (including phenoxy) is 2. The van der Waals surface area contributed by atoms with Gasteiger partial charge in [0.05, 0.1) is 18.0 Å². The van der Waals surface area contributed by atoms with E-state index >= 15 is 0 Å². The van der Waals surface area contributed by atoms with Gasteiger partial charge < -0.3 is 14.6 Å². The van der Waals surface area contributed by atoms with Crippen LogP contribution < -0.4 is 9.47 Å². The predicted octanol–water partition coefficient (Wildman–Crippen LogP) is 2.56. The highest BCUT2D eigenvalue weighted by Crippen LogP contribution is 2.43. The largest absolute Gasteiger partial charge is 0.454 e. The minimum Gasteiger partial charge on any atom is -0.454 e. The molecule has 5 rings (SSSR count). The van der Waals surface area contributed by atoms with E-state index in [0.29, 0.717) is 11.7 Å². The number of fused-ring (bicyclic) bond motifs is 2. The van der Waals surface area contributed by atoms with E-state index in [-0.39, 0.29) is 13.4 Å². The van der Waals surface area contributed by atoms with Gasteiger partial charge in [-0.15, -0.1) is 0 Å². The third-order valence-corrected chi connectivity index (χ3v) is 5.11. The fourth-order valence-electron chi connectivity index (χ4n) is 2.72. The molecule has 1 N–H and O–H groups in total. The summed E-state index contributed by atoms with van der Waals surface area (Å²) in [5, 5.41) is 15.5. The van der Waals surface area contributed by atoms with Gasteiger partial charge in [-0.1, -0.05) is 11.3 Å². The lowest BCUT2D eigenvalue weighted by Gasteiger charge is -2.02. The first-order valence-corrected chi connectivity index (χ1v) is 8.04. The van der Waals surface area contributed by atoms with E-state index in [1.807, 2.05) is 18.2 Å². The summed E-state index contributed by atoms with van der Waals surface area (Å²) in [7, 11) is 0. The number of imidazole rings is 1. The molecule has 3 aromatic rings. The summed E-state index contributed by atoms with van der Waals surface area (Å²) in [6.07, 6.45) is 2.42. The van der Waals surface area contributed by atoms with Crippen molar-refractivity contribution < 1.29 is 14.6 Å². The van der Waals surface area contributed by atoms with Gasteiger partial charge in [-0.25, -0.2) is 9.50 Å². The fraction of sp³-hybridized carbons (Fsp3) is 0.333. The summed E-state index contributed by atoms with van der Waals surface area (Å²) in [4.78, 5) is 5.50. The molecule has 0 spiro atoms. The lowest BCUT2D eigenvalue weighted by atomic mass is 10.1. The van der Waals surface area contributed by atoms with Crippen LogP contribution in [0.4, 0.5) is 0 Å². The zero-order valence-corrected chi connectivity index (χ0v) is 12.5. The number of benzene rings is 1. The maximum absolute atomic E-state index is 9.77. The van der Waals surface area contributed by atoms with Gasteiger partial charge in [0.15, 0.2) is 11.5 Å². The minimum absolute atomic E-state index is 0.0984. The van der Waals surface area contributed by atoms with Crippen LogP contribution in [0.3, 0.4) is 0 Å². The summed E-state index contributed by atoms with van der Waals surface area (Å²) in [5.41, 5.74) is 2.37. The van der Waals surface area contributed by atoms with Crippen LogP contribution in [-0.2, 0) is 6.61 Å². The average Bonchev–Trinajstić information content (AvgIpc) is 3.00. The number of aliphatic hydroxyl groups excluding tert-OH is 1. The van der Waals surface area contributed by atoms with Crippen LogP contribution in [0.25, 0.3) is 16.2 Å². The van der Waals surface area contributed by atoms with Crippen molar-refractivity contribution in [3.63, 3.8) is 0 Å². The molecule has 6 nitrogen and oxygen atoms in total. The van der Waals surface area contributed by atoms with Gasteiger partial charge >= 0.3 is 0 Å². The van der Waals surface area contributed by atoms with Gasteiger partial charge in [-0.2, -0.15) is 5.10 Å². The molecule has 1 aliphatic heterocycles. The van der Waals surface area contributed by atoms with E-state index in [2.05, 4.69) is 10.1 Å². The van der Waals surface area contributed by atoms with Crippen LogP contribution in [-0.4, -0.2) is 26.5 Å². The predicted molar refractivity (Wildman–Crippen MR) is 80.3 cm³/mol. The van der Waals surface area contributed by atoms with Crippen molar-refractivity contribution in [2.75, 3.05) is 6.79 Å². The first-order valence-electron chi connectivity index (χ1n) is 7.22.